The molecule has 0 spiro atoms. The molecule has 0 bridgehead atoms. The summed E-state index contributed by atoms with van der Waals surface area (Å²) in [5.74, 6) is 5.03. The third kappa shape index (κ3) is 5.74. The lowest BCUT2D eigenvalue weighted by Gasteiger charge is -2.23. The number of amides is 1. The summed E-state index contributed by atoms with van der Waals surface area (Å²) in [6.45, 7) is 12.7. The summed E-state index contributed by atoms with van der Waals surface area (Å²) in [5.41, 5.74) is 3.28. The number of nitrogens with zero attached hydrogens (tertiary/aromatic N) is 2. The van der Waals surface area contributed by atoms with Gasteiger partial charge in [-0.25, -0.2) is 5.84 Å². The number of nitrogens with two attached hydrogens (primary N) is 1. The van der Waals surface area contributed by atoms with Gasteiger partial charge < -0.3 is 4.90 Å². The van der Waals surface area contributed by atoms with Gasteiger partial charge in [0.05, 0.1) is 4.88 Å². The Bertz CT molecular complexity index is 418. The first-order chi connectivity index (χ1) is 10.2. The number of hydrogen-bond acceptors (Lipinski definition) is 5. The molecule has 1 amide bonds. The molecule has 1 rings (SSSR count). The highest BCUT2D eigenvalue weighted by Crippen LogP contribution is 2.18. The Kier molecular flexibility index (Phi) is 8.52. The Morgan fingerprint density at radius 3 is 2.38 bits per heavy atom. The zero-order valence-electron chi connectivity index (χ0n) is 13.4. The number of nitrogen functional groups attached to an aromatic ring is 1. The maximum atomic E-state index is 11.7. The molecule has 1 heterocycles. The molecular weight excluding hydrogens is 284 g/mol. The van der Waals surface area contributed by atoms with Gasteiger partial charge in [-0.05, 0) is 56.2 Å². The van der Waals surface area contributed by atoms with Crippen LogP contribution in [0.1, 0.15) is 42.4 Å². The first-order valence-corrected chi connectivity index (χ1v) is 8.56. The predicted molar refractivity (Wildman–Crippen MR) is 89.3 cm³/mol. The van der Waals surface area contributed by atoms with Gasteiger partial charge in [0.25, 0.3) is 5.91 Å². The molecule has 120 valence electrons. The van der Waals surface area contributed by atoms with Crippen molar-refractivity contribution in [1.29, 1.82) is 0 Å². The minimum absolute atomic E-state index is 0.195. The smallest absolute Gasteiger partial charge is 0.275 e. The third-order valence-electron chi connectivity index (χ3n) is 3.77. The Balaban J connectivity index is 2.51. The van der Waals surface area contributed by atoms with Crippen molar-refractivity contribution in [3.05, 3.63) is 21.9 Å². The monoisotopic (exact) mass is 312 g/mol. The van der Waals surface area contributed by atoms with E-state index in [4.69, 9.17) is 5.84 Å². The molecule has 0 aliphatic heterocycles. The average Bonchev–Trinajstić information content (AvgIpc) is 2.97. The fourth-order valence-electron chi connectivity index (χ4n) is 2.37. The second-order valence-electron chi connectivity index (χ2n) is 5.00. The molecule has 0 radical (unpaired) electrons. The van der Waals surface area contributed by atoms with Crippen LogP contribution >= 0.6 is 11.3 Å². The average molecular weight is 312 g/mol. The second kappa shape index (κ2) is 9.89. The second-order valence-corrected chi connectivity index (χ2v) is 5.91. The first kappa shape index (κ1) is 18.1. The van der Waals surface area contributed by atoms with Crippen molar-refractivity contribution in [2.75, 3.05) is 32.7 Å². The van der Waals surface area contributed by atoms with E-state index in [0.717, 1.165) is 56.1 Å². The lowest BCUT2D eigenvalue weighted by atomic mass is 10.2. The van der Waals surface area contributed by atoms with Crippen LogP contribution in [0.5, 0.6) is 0 Å². The molecule has 0 aromatic carbocycles. The van der Waals surface area contributed by atoms with Gasteiger partial charge in [-0.3, -0.25) is 15.1 Å². The Labute approximate surface area is 132 Å². The van der Waals surface area contributed by atoms with Crippen molar-refractivity contribution in [2.24, 2.45) is 5.84 Å². The summed E-state index contributed by atoms with van der Waals surface area (Å²) < 4.78 is 0. The molecule has 21 heavy (non-hydrogen) atoms. The number of carbonyl (C=O) groups excluding carboxylic acids is 1. The van der Waals surface area contributed by atoms with Crippen LogP contribution in [0.15, 0.2) is 11.4 Å². The number of hydrazine groups is 1. The van der Waals surface area contributed by atoms with Gasteiger partial charge in [0, 0.05) is 6.54 Å². The number of nitrogens with one attached hydrogen (secondary N) is 1. The number of thiophene rings is 1. The standard InChI is InChI=1S/C15H28N4OS/c1-4-18(5-2)9-7-10-19(6-3)12-13-8-11-21-14(13)15(20)17-16/h8,11H,4-7,9-10,12,16H2,1-3H3,(H,17,20). The Morgan fingerprint density at radius 1 is 1.19 bits per heavy atom. The fourth-order valence-corrected chi connectivity index (χ4v) is 3.19. The summed E-state index contributed by atoms with van der Waals surface area (Å²) in [6, 6.07) is 2.02. The molecule has 0 saturated heterocycles. The van der Waals surface area contributed by atoms with Gasteiger partial charge in [-0.2, -0.15) is 0 Å². The van der Waals surface area contributed by atoms with Gasteiger partial charge in [0.2, 0.25) is 0 Å². The summed E-state index contributed by atoms with van der Waals surface area (Å²) in [7, 11) is 0. The van der Waals surface area contributed by atoms with Gasteiger partial charge >= 0.3 is 0 Å². The fraction of sp³-hybridized carbons (Fsp3) is 0.667. The van der Waals surface area contributed by atoms with Gasteiger partial charge in [-0.15, -0.1) is 11.3 Å². The molecule has 0 atom stereocenters. The van der Waals surface area contributed by atoms with Gasteiger partial charge in [0.1, 0.15) is 0 Å². The van der Waals surface area contributed by atoms with Gasteiger partial charge in [0.15, 0.2) is 0 Å². The largest absolute Gasteiger partial charge is 0.304 e. The van der Waals surface area contributed by atoms with Crippen molar-refractivity contribution >= 4 is 17.2 Å². The van der Waals surface area contributed by atoms with E-state index < -0.39 is 0 Å². The molecule has 6 heteroatoms. The SMILES string of the molecule is CCN(CC)CCCN(CC)Cc1ccsc1C(=O)NN. The van der Waals surface area contributed by atoms with Crippen LogP contribution in [-0.2, 0) is 6.54 Å². The molecule has 1 aromatic heterocycles. The van der Waals surface area contributed by atoms with Gasteiger partial charge in [-0.1, -0.05) is 20.8 Å². The zero-order valence-corrected chi connectivity index (χ0v) is 14.2. The van der Waals surface area contributed by atoms with Crippen molar-refractivity contribution in [2.45, 2.75) is 33.7 Å². The highest BCUT2D eigenvalue weighted by molar-refractivity contribution is 7.12. The van der Waals surface area contributed by atoms with Crippen LogP contribution in [0.4, 0.5) is 0 Å². The van der Waals surface area contributed by atoms with Crippen molar-refractivity contribution in [3.63, 3.8) is 0 Å². The van der Waals surface area contributed by atoms with E-state index in [1.54, 1.807) is 0 Å². The molecule has 0 aliphatic rings. The van der Waals surface area contributed by atoms with Crippen molar-refractivity contribution in [3.8, 4) is 0 Å². The molecule has 3 N–H and O–H groups in total. The Hall–Kier alpha value is -0.950. The number of rotatable bonds is 10. The van der Waals surface area contributed by atoms with E-state index in [1.165, 1.54) is 11.3 Å². The van der Waals surface area contributed by atoms with Crippen LogP contribution in [0.2, 0.25) is 0 Å². The zero-order chi connectivity index (χ0) is 15.7. The minimum Gasteiger partial charge on any atom is -0.304 e. The topological polar surface area (TPSA) is 61.6 Å². The van der Waals surface area contributed by atoms with Crippen molar-refractivity contribution in [1.82, 2.24) is 15.2 Å². The Morgan fingerprint density at radius 2 is 1.81 bits per heavy atom. The number of carbonyl (C=O) groups is 1. The molecule has 0 aliphatic carbocycles. The molecule has 0 saturated carbocycles. The third-order valence-corrected chi connectivity index (χ3v) is 4.72. The molecule has 1 aromatic rings. The molecule has 0 unspecified atom stereocenters. The minimum atomic E-state index is -0.195. The summed E-state index contributed by atoms with van der Waals surface area (Å²) in [4.78, 5) is 17.2. The lowest BCUT2D eigenvalue weighted by Crippen LogP contribution is -2.32. The molecule has 5 nitrogen and oxygen atoms in total. The van der Waals surface area contributed by atoms with Crippen LogP contribution in [0.3, 0.4) is 0 Å². The maximum Gasteiger partial charge on any atom is 0.275 e. The molecular formula is C15H28N4OS. The van der Waals surface area contributed by atoms with E-state index in [0.29, 0.717) is 0 Å². The highest BCUT2D eigenvalue weighted by Gasteiger charge is 2.14. The quantitative estimate of drug-likeness (QED) is 0.393. The lowest BCUT2D eigenvalue weighted by molar-refractivity contribution is 0.0955. The normalized spacial score (nSPS) is 11.3. The summed E-state index contributed by atoms with van der Waals surface area (Å²) in [5, 5.41) is 1.95. The first-order valence-electron chi connectivity index (χ1n) is 7.68. The van der Waals surface area contributed by atoms with Crippen molar-refractivity contribution < 1.29 is 4.79 Å². The summed E-state index contributed by atoms with van der Waals surface area (Å²) in [6.07, 6.45) is 1.15. The number of hydrogen-bond donors (Lipinski definition) is 2. The van der Waals surface area contributed by atoms with E-state index >= 15 is 0 Å². The van der Waals surface area contributed by atoms with Crippen LogP contribution < -0.4 is 11.3 Å². The predicted octanol–water partition coefficient (Wildman–Crippen LogP) is 1.91. The van der Waals surface area contributed by atoms with E-state index in [-0.39, 0.29) is 5.91 Å². The highest BCUT2D eigenvalue weighted by atomic mass is 32.1. The van der Waals surface area contributed by atoms with E-state index in [1.807, 2.05) is 11.4 Å². The van der Waals surface area contributed by atoms with Crippen LogP contribution in [-0.4, -0.2) is 48.4 Å². The molecule has 0 fully saturated rings. The van der Waals surface area contributed by atoms with E-state index in [9.17, 15) is 4.79 Å². The van der Waals surface area contributed by atoms with E-state index in [2.05, 4.69) is 36.0 Å². The van der Waals surface area contributed by atoms with Crippen LogP contribution in [0, 0.1) is 0 Å². The maximum absolute atomic E-state index is 11.7. The van der Waals surface area contributed by atoms with Crippen LogP contribution in [0.25, 0.3) is 0 Å². The summed E-state index contributed by atoms with van der Waals surface area (Å²) >= 11 is 1.44.